The van der Waals surface area contributed by atoms with Crippen LogP contribution in [0.2, 0.25) is 0 Å². The third-order valence-corrected chi connectivity index (χ3v) is 5.78. The number of hydrogen-bond donors (Lipinski definition) is 0. The molecule has 0 N–H and O–H groups in total. The van der Waals surface area contributed by atoms with Gasteiger partial charge in [-0.25, -0.2) is 4.39 Å². The molecule has 2 aliphatic carbocycles. The van der Waals surface area contributed by atoms with Crippen molar-refractivity contribution in [2.75, 3.05) is 0 Å². The molecule has 2 atom stereocenters. The lowest BCUT2D eigenvalue weighted by molar-refractivity contribution is 0.141. The predicted molar refractivity (Wildman–Crippen MR) is 87.4 cm³/mol. The summed E-state index contributed by atoms with van der Waals surface area (Å²) in [7, 11) is 0. The van der Waals surface area contributed by atoms with Crippen molar-refractivity contribution >= 4 is 6.08 Å². The zero-order valence-electron chi connectivity index (χ0n) is 13.4. The van der Waals surface area contributed by atoms with Crippen LogP contribution in [0.15, 0.2) is 24.3 Å². The quantitative estimate of drug-likeness (QED) is 0.650. The first-order valence-corrected chi connectivity index (χ1v) is 8.90. The van der Waals surface area contributed by atoms with E-state index in [2.05, 4.69) is 19.1 Å². The fourth-order valence-electron chi connectivity index (χ4n) is 4.28. The molecule has 0 amide bonds. The highest BCUT2D eigenvalue weighted by Crippen LogP contribution is 2.53. The standard InChI is InChI=1S/C20H25FO/c1-2-3-4-14-5-7-15(8-6-14)16-9-11-18-17(13-16)10-12-19-20(18,21)22-19/h9-15,19H,2-8H2,1H3. The van der Waals surface area contributed by atoms with E-state index in [0.717, 1.165) is 17.0 Å². The van der Waals surface area contributed by atoms with Gasteiger partial charge in [0.05, 0.1) is 0 Å². The summed E-state index contributed by atoms with van der Waals surface area (Å²) in [5, 5.41) is 0. The summed E-state index contributed by atoms with van der Waals surface area (Å²) in [4.78, 5) is 0. The summed E-state index contributed by atoms with van der Waals surface area (Å²) in [5.74, 6) is 0.0638. The van der Waals surface area contributed by atoms with Crippen molar-refractivity contribution in [1.82, 2.24) is 0 Å². The van der Waals surface area contributed by atoms with E-state index in [9.17, 15) is 4.39 Å². The number of fused-ring (bicyclic) bond motifs is 3. The molecular weight excluding hydrogens is 275 g/mol. The van der Waals surface area contributed by atoms with Gasteiger partial charge in [-0.2, -0.15) is 0 Å². The van der Waals surface area contributed by atoms with Crippen molar-refractivity contribution in [2.45, 2.75) is 69.7 Å². The number of halogens is 1. The maximum absolute atomic E-state index is 14.4. The first kappa shape index (κ1) is 14.4. The molecule has 4 rings (SSSR count). The van der Waals surface area contributed by atoms with Crippen molar-refractivity contribution in [1.29, 1.82) is 0 Å². The SMILES string of the molecule is CCCCC1CCC(c2ccc3c(c2)C=CC2OC32F)CC1. The highest BCUT2D eigenvalue weighted by molar-refractivity contribution is 5.62. The predicted octanol–water partition coefficient (Wildman–Crippen LogP) is 5.70. The molecule has 1 aliphatic heterocycles. The minimum Gasteiger partial charge on any atom is -0.326 e. The van der Waals surface area contributed by atoms with Crippen LogP contribution in [0, 0.1) is 5.92 Å². The second-order valence-electron chi connectivity index (χ2n) is 7.25. The molecule has 0 bridgehead atoms. The van der Waals surface area contributed by atoms with Gasteiger partial charge in [-0.05, 0) is 54.7 Å². The van der Waals surface area contributed by atoms with Crippen molar-refractivity contribution in [3.8, 4) is 0 Å². The maximum atomic E-state index is 14.4. The molecule has 118 valence electrons. The summed E-state index contributed by atoms with van der Waals surface area (Å²) in [6.07, 6.45) is 12.9. The fourth-order valence-corrected chi connectivity index (χ4v) is 4.28. The van der Waals surface area contributed by atoms with E-state index >= 15 is 0 Å². The number of alkyl halides is 1. The van der Waals surface area contributed by atoms with Gasteiger partial charge < -0.3 is 4.74 Å². The Morgan fingerprint density at radius 1 is 1.23 bits per heavy atom. The van der Waals surface area contributed by atoms with E-state index in [4.69, 9.17) is 4.74 Å². The third-order valence-electron chi connectivity index (χ3n) is 5.78. The maximum Gasteiger partial charge on any atom is 0.267 e. The lowest BCUT2D eigenvalue weighted by Crippen LogP contribution is -2.15. The molecule has 1 saturated carbocycles. The molecule has 1 heterocycles. The summed E-state index contributed by atoms with van der Waals surface area (Å²) < 4.78 is 19.6. The Labute approximate surface area is 132 Å². The van der Waals surface area contributed by atoms with Gasteiger partial charge in [0.2, 0.25) is 0 Å². The molecule has 0 spiro atoms. The summed E-state index contributed by atoms with van der Waals surface area (Å²) in [5.41, 5.74) is 3.13. The first-order valence-electron chi connectivity index (χ1n) is 8.90. The number of unbranched alkanes of at least 4 members (excludes halogenated alkanes) is 1. The van der Waals surface area contributed by atoms with Crippen LogP contribution >= 0.6 is 0 Å². The van der Waals surface area contributed by atoms with Gasteiger partial charge >= 0.3 is 0 Å². The average Bonchev–Trinajstić information content (AvgIpc) is 3.25. The topological polar surface area (TPSA) is 12.5 Å². The Bertz CT molecular complexity index is 585. The number of hydrogen-bond acceptors (Lipinski definition) is 1. The molecule has 0 aromatic heterocycles. The average molecular weight is 300 g/mol. The Morgan fingerprint density at radius 2 is 2.05 bits per heavy atom. The second kappa shape index (κ2) is 5.49. The molecule has 1 saturated heterocycles. The molecule has 2 fully saturated rings. The van der Waals surface area contributed by atoms with Gasteiger partial charge in [0.15, 0.2) is 0 Å². The highest BCUT2D eigenvalue weighted by Gasteiger charge is 2.60. The number of rotatable bonds is 4. The first-order chi connectivity index (χ1) is 10.7. The minimum absolute atomic E-state index is 0.347. The number of benzene rings is 1. The molecule has 1 nitrogen and oxygen atoms in total. The van der Waals surface area contributed by atoms with Crippen LogP contribution < -0.4 is 0 Å². The van der Waals surface area contributed by atoms with Gasteiger partial charge in [-0.3, -0.25) is 0 Å². The van der Waals surface area contributed by atoms with Gasteiger partial charge in [-0.1, -0.05) is 50.5 Å². The van der Waals surface area contributed by atoms with Crippen LogP contribution in [0.1, 0.15) is 74.5 Å². The highest BCUT2D eigenvalue weighted by atomic mass is 19.2. The van der Waals surface area contributed by atoms with Gasteiger partial charge in [0.1, 0.15) is 6.10 Å². The van der Waals surface area contributed by atoms with E-state index in [-0.39, 0.29) is 6.10 Å². The lowest BCUT2D eigenvalue weighted by atomic mass is 9.76. The number of ether oxygens (including phenoxy) is 1. The zero-order valence-corrected chi connectivity index (χ0v) is 13.4. The minimum atomic E-state index is -1.53. The van der Waals surface area contributed by atoms with Gasteiger partial charge in [0.25, 0.3) is 5.85 Å². The van der Waals surface area contributed by atoms with Crippen LogP contribution in [0.25, 0.3) is 6.08 Å². The lowest BCUT2D eigenvalue weighted by Gasteiger charge is -2.29. The molecule has 22 heavy (non-hydrogen) atoms. The third kappa shape index (κ3) is 2.42. The van der Waals surface area contributed by atoms with Gasteiger partial charge in [-0.15, -0.1) is 0 Å². The van der Waals surface area contributed by atoms with Crippen molar-refractivity contribution in [3.05, 3.63) is 41.0 Å². The Hall–Kier alpha value is -1.15. The Morgan fingerprint density at radius 3 is 2.82 bits per heavy atom. The van der Waals surface area contributed by atoms with Crippen molar-refractivity contribution in [2.24, 2.45) is 5.92 Å². The molecule has 2 unspecified atom stereocenters. The van der Waals surface area contributed by atoms with E-state index < -0.39 is 5.85 Å². The summed E-state index contributed by atoms with van der Waals surface area (Å²) in [6.45, 7) is 2.28. The second-order valence-corrected chi connectivity index (χ2v) is 7.25. The van der Waals surface area contributed by atoms with Crippen LogP contribution in [-0.2, 0) is 10.6 Å². The van der Waals surface area contributed by atoms with Crippen LogP contribution in [0.5, 0.6) is 0 Å². The Balaban J connectivity index is 1.46. The monoisotopic (exact) mass is 300 g/mol. The zero-order chi connectivity index (χ0) is 15.2. The largest absolute Gasteiger partial charge is 0.326 e. The molecular formula is C20H25FO. The Kier molecular flexibility index (Phi) is 3.60. The number of epoxide rings is 1. The molecule has 2 heteroatoms. The summed E-state index contributed by atoms with van der Waals surface area (Å²) in [6, 6.07) is 6.29. The van der Waals surface area contributed by atoms with Crippen molar-refractivity contribution < 1.29 is 9.13 Å². The fraction of sp³-hybridized carbons (Fsp3) is 0.600. The molecule has 0 radical (unpaired) electrons. The van der Waals surface area contributed by atoms with E-state index in [1.165, 1.54) is 50.5 Å². The molecule has 1 aromatic rings. The van der Waals surface area contributed by atoms with E-state index in [1.54, 1.807) is 0 Å². The van der Waals surface area contributed by atoms with Crippen LogP contribution in [0.4, 0.5) is 4.39 Å². The van der Waals surface area contributed by atoms with Crippen molar-refractivity contribution in [3.63, 3.8) is 0 Å². The van der Waals surface area contributed by atoms with Crippen LogP contribution in [0.3, 0.4) is 0 Å². The smallest absolute Gasteiger partial charge is 0.267 e. The van der Waals surface area contributed by atoms with E-state index in [0.29, 0.717) is 5.92 Å². The van der Waals surface area contributed by atoms with E-state index in [1.807, 2.05) is 18.2 Å². The summed E-state index contributed by atoms with van der Waals surface area (Å²) >= 11 is 0. The normalized spacial score (nSPS) is 35.8. The molecule has 3 aliphatic rings. The van der Waals surface area contributed by atoms with Crippen LogP contribution in [-0.4, -0.2) is 6.10 Å². The molecule has 1 aromatic carbocycles. The van der Waals surface area contributed by atoms with Gasteiger partial charge in [0, 0.05) is 5.56 Å².